The van der Waals surface area contributed by atoms with Crippen LogP contribution in [0.25, 0.3) is 0 Å². The van der Waals surface area contributed by atoms with E-state index in [4.69, 9.17) is 11.6 Å². The number of esters is 1. The maximum Gasteiger partial charge on any atom is 0.337 e. The summed E-state index contributed by atoms with van der Waals surface area (Å²) in [7, 11) is 1.26. The number of anilines is 1. The van der Waals surface area contributed by atoms with E-state index in [0.717, 1.165) is 0 Å². The summed E-state index contributed by atoms with van der Waals surface area (Å²) in [5.41, 5.74) is -1.30. The molecule has 6 nitrogen and oxygen atoms in total. The smallest absolute Gasteiger partial charge is 0.337 e. The molecule has 24 heavy (non-hydrogen) atoms. The van der Waals surface area contributed by atoms with Crippen molar-refractivity contribution < 1.29 is 19.1 Å². The number of benzene rings is 1. The Morgan fingerprint density at radius 2 is 1.62 bits per heavy atom. The highest BCUT2D eigenvalue weighted by Crippen LogP contribution is 2.26. The average Bonchev–Trinajstić information content (AvgIpc) is 2.46. The van der Waals surface area contributed by atoms with E-state index in [2.05, 4.69) is 15.4 Å². The van der Waals surface area contributed by atoms with Crippen molar-refractivity contribution in [2.24, 2.45) is 5.41 Å². The third-order valence-corrected chi connectivity index (χ3v) is 3.59. The minimum Gasteiger partial charge on any atom is -0.465 e. The monoisotopic (exact) mass is 354 g/mol. The molecule has 0 aromatic heterocycles. The number of rotatable bonds is 4. The quantitative estimate of drug-likeness (QED) is 0.643. The van der Waals surface area contributed by atoms with E-state index in [0.29, 0.717) is 0 Å². The zero-order chi connectivity index (χ0) is 18.7. The second-order valence-electron chi connectivity index (χ2n) is 6.97. The first-order valence-electron chi connectivity index (χ1n) is 7.40. The van der Waals surface area contributed by atoms with Gasteiger partial charge in [-0.3, -0.25) is 9.59 Å². The lowest BCUT2D eigenvalue weighted by atomic mass is 9.89. The normalized spacial score (nSPS) is 11.6. The molecule has 0 spiro atoms. The molecule has 0 saturated carbocycles. The number of nitrogens with one attached hydrogen (secondary N) is 2. The fourth-order valence-corrected chi connectivity index (χ4v) is 1.91. The average molecular weight is 355 g/mol. The Hall–Kier alpha value is -2.08. The first-order valence-corrected chi connectivity index (χ1v) is 7.78. The minimum atomic E-state index is -1.32. The molecule has 0 unspecified atom stereocenters. The second-order valence-corrected chi connectivity index (χ2v) is 7.38. The van der Waals surface area contributed by atoms with E-state index in [1.165, 1.54) is 39.2 Å². The van der Waals surface area contributed by atoms with Crippen LogP contribution in [0.2, 0.25) is 5.02 Å². The minimum absolute atomic E-state index is 0.237. The van der Waals surface area contributed by atoms with Gasteiger partial charge in [-0.25, -0.2) is 4.79 Å². The highest BCUT2D eigenvalue weighted by atomic mass is 35.5. The Morgan fingerprint density at radius 1 is 1.04 bits per heavy atom. The lowest BCUT2D eigenvalue weighted by molar-refractivity contribution is -0.139. The number of hydrogen-bond acceptors (Lipinski definition) is 4. The summed E-state index contributed by atoms with van der Waals surface area (Å²) in [5, 5.41) is 5.62. The molecule has 7 heteroatoms. The van der Waals surface area contributed by atoms with Crippen molar-refractivity contribution in [2.45, 2.75) is 40.2 Å². The molecule has 0 aliphatic heterocycles. The first kappa shape index (κ1) is 20.0. The molecule has 0 radical (unpaired) electrons. The van der Waals surface area contributed by atoms with E-state index < -0.39 is 28.7 Å². The van der Waals surface area contributed by atoms with Crippen LogP contribution in [0.4, 0.5) is 5.69 Å². The largest absolute Gasteiger partial charge is 0.465 e. The Balaban J connectivity index is 3.02. The van der Waals surface area contributed by atoms with Crippen molar-refractivity contribution in [1.82, 2.24) is 5.32 Å². The van der Waals surface area contributed by atoms with Crippen molar-refractivity contribution >= 4 is 35.1 Å². The van der Waals surface area contributed by atoms with Gasteiger partial charge in [-0.15, -0.1) is 0 Å². The lowest BCUT2D eigenvalue weighted by Gasteiger charge is -2.28. The van der Waals surface area contributed by atoms with E-state index in [9.17, 15) is 14.4 Å². The molecule has 2 amide bonds. The SMILES string of the molecule is COC(=O)c1ccc(Cl)c(NC(=O)C(C)(C)C(=O)NC(C)(C)C)c1. The molecule has 2 N–H and O–H groups in total. The first-order chi connectivity index (χ1) is 10.9. The van der Waals surface area contributed by atoms with Crippen molar-refractivity contribution in [3.63, 3.8) is 0 Å². The summed E-state index contributed by atoms with van der Waals surface area (Å²) in [6.45, 7) is 8.52. The van der Waals surface area contributed by atoms with E-state index in [-0.39, 0.29) is 16.3 Å². The number of ether oxygens (including phenoxy) is 1. The Morgan fingerprint density at radius 3 is 2.12 bits per heavy atom. The third kappa shape index (κ3) is 4.96. The molecule has 0 bridgehead atoms. The van der Waals surface area contributed by atoms with E-state index in [1.54, 1.807) is 0 Å². The molecule has 0 atom stereocenters. The number of carbonyl (C=O) groups excluding carboxylic acids is 3. The van der Waals surface area contributed by atoms with E-state index >= 15 is 0 Å². The van der Waals surface area contributed by atoms with Crippen LogP contribution in [-0.2, 0) is 14.3 Å². The van der Waals surface area contributed by atoms with Gasteiger partial charge >= 0.3 is 5.97 Å². The standard InChI is InChI=1S/C17H23ClN2O4/c1-16(2,3)20-15(23)17(4,5)14(22)19-12-9-10(13(21)24-6)7-8-11(12)18/h7-9H,1-6H3,(H,19,22)(H,20,23). The van der Waals surface area contributed by atoms with Gasteiger partial charge in [-0.05, 0) is 52.8 Å². The van der Waals surface area contributed by atoms with Gasteiger partial charge in [0.2, 0.25) is 11.8 Å². The number of halogens is 1. The van der Waals surface area contributed by atoms with Crippen LogP contribution < -0.4 is 10.6 Å². The zero-order valence-electron chi connectivity index (χ0n) is 14.7. The van der Waals surface area contributed by atoms with Crippen LogP contribution in [0.1, 0.15) is 45.0 Å². The Labute approximate surface area is 146 Å². The molecule has 1 aromatic rings. The van der Waals surface area contributed by atoms with Gasteiger partial charge in [0, 0.05) is 5.54 Å². The Kier molecular flexibility index (Phi) is 6.00. The Bertz CT molecular complexity index is 663. The van der Waals surface area contributed by atoms with Crippen LogP contribution in [0.5, 0.6) is 0 Å². The highest BCUT2D eigenvalue weighted by molar-refractivity contribution is 6.34. The van der Waals surface area contributed by atoms with Gasteiger partial charge in [-0.2, -0.15) is 0 Å². The molecule has 1 rings (SSSR count). The van der Waals surface area contributed by atoms with Gasteiger partial charge in [0.05, 0.1) is 23.4 Å². The van der Waals surface area contributed by atoms with Crippen LogP contribution in [-0.4, -0.2) is 30.4 Å². The molecular weight excluding hydrogens is 332 g/mol. The number of methoxy groups -OCH3 is 1. The molecule has 0 aliphatic rings. The zero-order valence-corrected chi connectivity index (χ0v) is 15.5. The summed E-state index contributed by atoms with van der Waals surface area (Å²) in [6, 6.07) is 4.37. The summed E-state index contributed by atoms with van der Waals surface area (Å²) in [5.74, 6) is -1.49. The van der Waals surface area contributed by atoms with Gasteiger partial charge in [0.1, 0.15) is 5.41 Å². The summed E-state index contributed by atoms with van der Waals surface area (Å²) >= 11 is 6.06. The van der Waals surface area contributed by atoms with Crippen molar-refractivity contribution in [3.8, 4) is 0 Å². The lowest BCUT2D eigenvalue weighted by Crippen LogP contribution is -2.51. The van der Waals surface area contributed by atoms with Crippen LogP contribution in [0.15, 0.2) is 18.2 Å². The number of carbonyl (C=O) groups is 3. The van der Waals surface area contributed by atoms with Gasteiger partial charge in [0.25, 0.3) is 0 Å². The van der Waals surface area contributed by atoms with Gasteiger partial charge < -0.3 is 15.4 Å². The van der Waals surface area contributed by atoms with Crippen LogP contribution in [0.3, 0.4) is 0 Å². The number of amides is 2. The van der Waals surface area contributed by atoms with Crippen molar-refractivity contribution in [3.05, 3.63) is 28.8 Å². The molecule has 1 aromatic carbocycles. The molecule has 0 saturated heterocycles. The fraction of sp³-hybridized carbons (Fsp3) is 0.471. The summed E-state index contributed by atoms with van der Waals surface area (Å²) in [6.07, 6.45) is 0. The second kappa shape index (κ2) is 7.21. The van der Waals surface area contributed by atoms with Gasteiger partial charge in [-0.1, -0.05) is 11.6 Å². The topological polar surface area (TPSA) is 84.5 Å². The van der Waals surface area contributed by atoms with Crippen molar-refractivity contribution in [2.75, 3.05) is 12.4 Å². The molecule has 0 fully saturated rings. The van der Waals surface area contributed by atoms with Crippen molar-refractivity contribution in [1.29, 1.82) is 0 Å². The predicted octanol–water partition coefficient (Wildman–Crippen LogP) is 3.01. The third-order valence-electron chi connectivity index (χ3n) is 3.26. The van der Waals surface area contributed by atoms with Crippen LogP contribution >= 0.6 is 11.6 Å². The maximum atomic E-state index is 12.5. The number of hydrogen-bond donors (Lipinski definition) is 2. The molecule has 0 aliphatic carbocycles. The molecule has 132 valence electrons. The van der Waals surface area contributed by atoms with E-state index in [1.807, 2.05) is 20.8 Å². The molecule has 0 heterocycles. The summed E-state index contributed by atoms with van der Waals surface area (Å²) < 4.78 is 4.64. The highest BCUT2D eigenvalue weighted by Gasteiger charge is 2.38. The van der Waals surface area contributed by atoms with Crippen LogP contribution in [0, 0.1) is 5.41 Å². The van der Waals surface area contributed by atoms with Gasteiger partial charge in [0.15, 0.2) is 0 Å². The molecular formula is C17H23ClN2O4. The predicted molar refractivity (Wildman–Crippen MR) is 93.1 cm³/mol. The maximum absolute atomic E-state index is 12.5. The summed E-state index contributed by atoms with van der Waals surface area (Å²) in [4.78, 5) is 36.4. The fourth-order valence-electron chi connectivity index (χ4n) is 1.74.